The van der Waals surface area contributed by atoms with Crippen LogP contribution in [0.15, 0.2) is 66.7 Å². The Hall–Kier alpha value is -3.81. The number of phenolic OH excluding ortho intramolecular Hbond substituents is 1. The predicted octanol–water partition coefficient (Wildman–Crippen LogP) is 7.75. The van der Waals surface area contributed by atoms with Crippen LogP contribution in [0.4, 0.5) is 10.5 Å². The van der Waals surface area contributed by atoms with E-state index in [0.717, 1.165) is 29.7 Å². The molecule has 3 N–H and O–H groups in total. The van der Waals surface area contributed by atoms with Gasteiger partial charge in [-0.05, 0) is 77.9 Å². The third-order valence-corrected chi connectivity index (χ3v) is 7.64. The Bertz CT molecular complexity index is 1590. The van der Waals surface area contributed by atoms with Crippen molar-refractivity contribution in [1.82, 2.24) is 15.1 Å². The molecule has 2 amide bonds. The maximum atomic E-state index is 13.1. The number of nitrogens with zero attached hydrogens (tertiary/aromatic N) is 2. The van der Waals surface area contributed by atoms with E-state index in [1.54, 1.807) is 42.5 Å². The summed E-state index contributed by atoms with van der Waals surface area (Å²) in [6, 6.07) is 18.9. The van der Waals surface area contributed by atoms with E-state index in [2.05, 4.69) is 36.5 Å². The third-order valence-electron chi connectivity index (χ3n) is 6.90. The summed E-state index contributed by atoms with van der Waals surface area (Å²) >= 11 is 12.1. The van der Waals surface area contributed by atoms with E-state index in [0.29, 0.717) is 32.6 Å². The lowest BCUT2D eigenvalue weighted by molar-refractivity contribution is 0.102. The minimum atomic E-state index is -0.387. The van der Waals surface area contributed by atoms with Crippen molar-refractivity contribution in [3.05, 3.63) is 99.2 Å². The Balaban J connectivity index is 1.35. The van der Waals surface area contributed by atoms with Gasteiger partial charge in [0, 0.05) is 29.3 Å². The first-order valence-corrected chi connectivity index (χ1v) is 13.8. The van der Waals surface area contributed by atoms with E-state index < -0.39 is 0 Å². The topological polar surface area (TPSA) is 96.2 Å². The van der Waals surface area contributed by atoms with Gasteiger partial charge in [0.05, 0.1) is 21.4 Å². The lowest BCUT2D eigenvalue weighted by Crippen LogP contribution is -2.30. The van der Waals surface area contributed by atoms with Gasteiger partial charge in [-0.2, -0.15) is 9.78 Å². The number of benzene rings is 3. The molecule has 0 aliphatic heterocycles. The first kappa shape index (κ1) is 27.7. The molecule has 3 aromatic carbocycles. The normalized spacial score (nSPS) is 13.2. The molecule has 40 heavy (non-hydrogen) atoms. The Morgan fingerprint density at radius 1 is 0.975 bits per heavy atom. The van der Waals surface area contributed by atoms with Crippen LogP contribution in [0.1, 0.15) is 66.7 Å². The molecule has 5 rings (SSSR count). The second-order valence-electron chi connectivity index (χ2n) is 11.1. The fraction of sp³-hybridized carbons (Fsp3) is 0.258. The van der Waals surface area contributed by atoms with Crippen LogP contribution in [0.5, 0.6) is 5.75 Å². The average molecular weight is 578 g/mol. The van der Waals surface area contributed by atoms with Crippen molar-refractivity contribution in [2.24, 2.45) is 0 Å². The fourth-order valence-electron chi connectivity index (χ4n) is 4.41. The van der Waals surface area contributed by atoms with Crippen molar-refractivity contribution in [3.63, 3.8) is 0 Å². The van der Waals surface area contributed by atoms with Gasteiger partial charge in [0.15, 0.2) is 0 Å². The second kappa shape index (κ2) is 11.0. The highest BCUT2D eigenvalue weighted by Gasteiger charge is 2.31. The smallest absolute Gasteiger partial charge is 0.342 e. The molecule has 1 aliphatic carbocycles. The lowest BCUT2D eigenvalue weighted by atomic mass is 9.87. The Kier molecular flexibility index (Phi) is 7.62. The molecule has 0 atom stereocenters. The molecule has 0 saturated heterocycles. The highest BCUT2D eigenvalue weighted by molar-refractivity contribution is 6.42. The Morgan fingerprint density at radius 2 is 1.70 bits per heavy atom. The molecular weight excluding hydrogens is 547 g/mol. The van der Waals surface area contributed by atoms with Crippen LogP contribution in [0, 0.1) is 0 Å². The van der Waals surface area contributed by atoms with Crippen molar-refractivity contribution in [2.45, 2.75) is 51.5 Å². The largest absolute Gasteiger partial charge is 0.507 e. The average Bonchev–Trinajstić information content (AvgIpc) is 3.67. The van der Waals surface area contributed by atoms with Crippen LogP contribution in [0.3, 0.4) is 0 Å². The third kappa shape index (κ3) is 6.16. The highest BCUT2D eigenvalue weighted by Crippen LogP contribution is 2.42. The molecule has 1 heterocycles. The minimum Gasteiger partial charge on any atom is -0.507 e. The number of carbonyl (C=O) groups excluding carboxylic acids is 2. The van der Waals surface area contributed by atoms with Crippen molar-refractivity contribution >= 4 is 40.8 Å². The summed E-state index contributed by atoms with van der Waals surface area (Å²) < 4.78 is 1.35. The molecule has 206 valence electrons. The summed E-state index contributed by atoms with van der Waals surface area (Å²) in [6.45, 7) is 6.61. The molecule has 1 saturated carbocycles. The number of aromatic nitrogens is 2. The van der Waals surface area contributed by atoms with Gasteiger partial charge in [-0.25, -0.2) is 4.79 Å². The van der Waals surface area contributed by atoms with Crippen molar-refractivity contribution in [2.75, 3.05) is 5.32 Å². The van der Waals surface area contributed by atoms with E-state index in [-0.39, 0.29) is 35.6 Å². The van der Waals surface area contributed by atoms with Gasteiger partial charge in [0.2, 0.25) is 0 Å². The molecule has 0 unspecified atom stereocenters. The molecular formula is C31H30Cl2N4O3. The number of aromatic hydroxyl groups is 1. The summed E-state index contributed by atoms with van der Waals surface area (Å²) in [5.41, 5.74) is 4.59. The lowest BCUT2D eigenvalue weighted by Gasteiger charge is -2.19. The van der Waals surface area contributed by atoms with Crippen LogP contribution in [-0.4, -0.2) is 26.8 Å². The molecule has 0 radical (unpaired) electrons. The molecule has 1 fully saturated rings. The summed E-state index contributed by atoms with van der Waals surface area (Å²) in [5, 5.41) is 21.8. The van der Waals surface area contributed by atoms with Gasteiger partial charge in [0.25, 0.3) is 5.91 Å². The van der Waals surface area contributed by atoms with E-state index in [1.165, 1.54) is 10.7 Å². The molecule has 1 aromatic heterocycles. The van der Waals surface area contributed by atoms with E-state index in [1.807, 2.05) is 18.2 Å². The van der Waals surface area contributed by atoms with Gasteiger partial charge >= 0.3 is 6.03 Å². The van der Waals surface area contributed by atoms with Crippen molar-refractivity contribution < 1.29 is 14.7 Å². The molecule has 9 heteroatoms. The quantitative estimate of drug-likeness (QED) is 0.204. The number of hydrogen-bond donors (Lipinski definition) is 3. The zero-order valence-corrected chi connectivity index (χ0v) is 24.0. The summed E-state index contributed by atoms with van der Waals surface area (Å²) in [7, 11) is 0. The maximum absolute atomic E-state index is 13.1. The number of hydrogen-bond acceptors (Lipinski definition) is 4. The van der Waals surface area contributed by atoms with Gasteiger partial charge < -0.3 is 15.7 Å². The standard InChI is InChI=1S/C31H30Cl2N4O3/c1-31(2,3)21-9-7-20(8-10-21)29(39)35-22-11-13-28(38)23(15-22)26-16-27(19-5-6-19)37(36-26)30(40)34-17-18-4-12-24(32)25(33)14-18/h4,7-16,19,38H,5-6,17H2,1-3H3,(H,34,40)(H,35,39). The van der Waals surface area contributed by atoms with E-state index in [4.69, 9.17) is 23.2 Å². The summed E-state index contributed by atoms with van der Waals surface area (Å²) in [4.78, 5) is 26.0. The number of amides is 2. The van der Waals surface area contributed by atoms with Gasteiger partial charge in [-0.15, -0.1) is 0 Å². The molecule has 4 aromatic rings. The van der Waals surface area contributed by atoms with Crippen LogP contribution >= 0.6 is 23.2 Å². The number of phenols is 1. The molecule has 0 spiro atoms. The van der Waals surface area contributed by atoms with E-state index in [9.17, 15) is 14.7 Å². The zero-order valence-electron chi connectivity index (χ0n) is 22.5. The van der Waals surface area contributed by atoms with Crippen molar-refractivity contribution in [1.29, 1.82) is 0 Å². The first-order chi connectivity index (χ1) is 19.0. The summed E-state index contributed by atoms with van der Waals surface area (Å²) in [6.07, 6.45) is 1.92. The molecule has 7 nitrogen and oxygen atoms in total. The van der Waals surface area contributed by atoms with Crippen molar-refractivity contribution in [3.8, 4) is 17.0 Å². The maximum Gasteiger partial charge on any atom is 0.342 e. The predicted molar refractivity (Wildman–Crippen MR) is 158 cm³/mol. The van der Waals surface area contributed by atoms with E-state index >= 15 is 0 Å². The number of nitrogens with one attached hydrogen (secondary N) is 2. The minimum absolute atomic E-state index is 0.00394. The van der Waals surface area contributed by atoms with Crippen LogP contribution < -0.4 is 10.6 Å². The number of halogens is 2. The van der Waals surface area contributed by atoms with Gasteiger partial charge in [-0.1, -0.05) is 62.2 Å². The number of anilines is 1. The van der Waals surface area contributed by atoms with Gasteiger partial charge in [-0.3, -0.25) is 4.79 Å². The second-order valence-corrected chi connectivity index (χ2v) is 11.9. The molecule has 1 aliphatic rings. The Labute approximate surface area is 243 Å². The van der Waals surface area contributed by atoms with Crippen LogP contribution in [-0.2, 0) is 12.0 Å². The number of rotatable bonds is 6. The van der Waals surface area contributed by atoms with Gasteiger partial charge in [0.1, 0.15) is 5.75 Å². The SMILES string of the molecule is CC(C)(C)c1ccc(C(=O)Nc2ccc(O)c(-c3cc(C4CC4)n(C(=O)NCc4ccc(Cl)c(Cl)c4)n3)c2)cc1. The monoisotopic (exact) mass is 576 g/mol. The van der Waals surface area contributed by atoms with Crippen LogP contribution in [0.2, 0.25) is 10.0 Å². The Morgan fingerprint density at radius 3 is 2.35 bits per heavy atom. The zero-order chi connectivity index (χ0) is 28.6. The van der Waals surface area contributed by atoms with Crippen LogP contribution in [0.25, 0.3) is 11.3 Å². The number of carbonyl (C=O) groups is 2. The highest BCUT2D eigenvalue weighted by atomic mass is 35.5. The first-order valence-electron chi connectivity index (χ1n) is 13.1. The fourth-order valence-corrected chi connectivity index (χ4v) is 4.73. The summed E-state index contributed by atoms with van der Waals surface area (Å²) in [5.74, 6) is -0.0446. The molecule has 0 bridgehead atoms.